The van der Waals surface area contributed by atoms with E-state index in [2.05, 4.69) is 24.5 Å². The van der Waals surface area contributed by atoms with Gasteiger partial charge < -0.3 is 15.5 Å². The molecule has 1 aromatic rings. The zero-order valence-electron chi connectivity index (χ0n) is 14.1. The van der Waals surface area contributed by atoms with Crippen molar-refractivity contribution in [3.63, 3.8) is 0 Å². The normalized spacial score (nSPS) is 23.5. The molecule has 130 valence electrons. The van der Waals surface area contributed by atoms with Gasteiger partial charge in [-0.05, 0) is 41.9 Å². The number of fused-ring (bicyclic) bond motifs is 1. The molecule has 1 aromatic carbocycles. The minimum absolute atomic E-state index is 0.0190. The lowest BCUT2D eigenvalue weighted by atomic mass is 10.1. The fraction of sp³-hybridized carbons (Fsp3) is 0.556. The highest BCUT2D eigenvalue weighted by molar-refractivity contribution is 5.94. The topological polar surface area (TPSA) is 61.4 Å². The third-order valence-corrected chi connectivity index (χ3v) is 5.41. The van der Waals surface area contributed by atoms with Crippen LogP contribution in [0.2, 0.25) is 0 Å². The molecule has 2 N–H and O–H groups in total. The molecule has 3 rings (SSSR count). The van der Waals surface area contributed by atoms with E-state index in [-0.39, 0.29) is 11.9 Å². The molecular formula is C18H24FN3O2. The number of nitrogens with one attached hydrogen (secondary N) is 2. The Kier molecular flexibility index (Phi) is 4.47. The number of carbonyl (C=O) groups is 2. The summed E-state index contributed by atoms with van der Waals surface area (Å²) in [6.07, 6.45) is 0.638. The maximum atomic E-state index is 13.1. The smallest absolute Gasteiger partial charge is 0.317 e. The van der Waals surface area contributed by atoms with Gasteiger partial charge in [-0.15, -0.1) is 0 Å². The third kappa shape index (κ3) is 3.37. The summed E-state index contributed by atoms with van der Waals surface area (Å²) in [5.74, 6) is 0.562. The van der Waals surface area contributed by atoms with E-state index in [0.29, 0.717) is 42.3 Å². The van der Waals surface area contributed by atoms with E-state index in [9.17, 15) is 14.0 Å². The van der Waals surface area contributed by atoms with Crippen LogP contribution < -0.4 is 10.6 Å². The van der Waals surface area contributed by atoms with Crippen molar-refractivity contribution in [1.82, 2.24) is 15.5 Å². The Morgan fingerprint density at radius 1 is 1.21 bits per heavy atom. The first-order valence-electron chi connectivity index (χ1n) is 8.46. The van der Waals surface area contributed by atoms with Gasteiger partial charge in [0.25, 0.3) is 5.91 Å². The van der Waals surface area contributed by atoms with Crippen molar-refractivity contribution in [1.29, 1.82) is 0 Å². The molecule has 24 heavy (non-hydrogen) atoms. The van der Waals surface area contributed by atoms with Crippen molar-refractivity contribution in [2.75, 3.05) is 26.2 Å². The van der Waals surface area contributed by atoms with Crippen molar-refractivity contribution >= 4 is 11.9 Å². The second-order valence-corrected chi connectivity index (χ2v) is 7.29. The lowest BCUT2D eigenvalue weighted by molar-refractivity contribution is 0.0953. The first kappa shape index (κ1) is 16.7. The predicted octanol–water partition coefficient (Wildman–Crippen LogP) is 2.24. The van der Waals surface area contributed by atoms with Gasteiger partial charge in [-0.25, -0.2) is 9.18 Å². The van der Waals surface area contributed by atoms with E-state index < -0.39 is 5.82 Å². The Labute approximate surface area is 141 Å². The molecule has 0 radical (unpaired) electrons. The summed E-state index contributed by atoms with van der Waals surface area (Å²) in [4.78, 5) is 25.8. The maximum absolute atomic E-state index is 13.1. The highest BCUT2D eigenvalue weighted by Gasteiger charge is 2.62. The van der Waals surface area contributed by atoms with Crippen LogP contribution in [0.5, 0.6) is 0 Å². The molecule has 1 aliphatic heterocycles. The number of nitrogens with zero attached hydrogens (tertiary/aromatic N) is 1. The summed E-state index contributed by atoms with van der Waals surface area (Å²) < 4.78 is 13.1. The van der Waals surface area contributed by atoms with E-state index in [0.717, 1.165) is 13.1 Å². The number of halogens is 1. The van der Waals surface area contributed by atoms with Crippen LogP contribution in [0.25, 0.3) is 0 Å². The fourth-order valence-electron chi connectivity index (χ4n) is 3.63. The van der Waals surface area contributed by atoms with Gasteiger partial charge in [-0.1, -0.05) is 19.9 Å². The largest absolute Gasteiger partial charge is 0.352 e. The average Bonchev–Trinajstić information content (AvgIpc) is 2.92. The molecule has 1 saturated carbocycles. The second kappa shape index (κ2) is 6.42. The van der Waals surface area contributed by atoms with Crippen molar-refractivity contribution in [3.8, 4) is 0 Å². The van der Waals surface area contributed by atoms with Crippen LogP contribution in [0.4, 0.5) is 9.18 Å². The van der Waals surface area contributed by atoms with Crippen LogP contribution in [0.1, 0.15) is 30.6 Å². The summed E-state index contributed by atoms with van der Waals surface area (Å²) in [5.41, 5.74) is 0.704. The lowest BCUT2D eigenvalue weighted by Gasteiger charge is -2.22. The molecule has 1 aliphatic carbocycles. The number of hydrogen-bond acceptors (Lipinski definition) is 2. The number of piperidine rings is 1. The first-order chi connectivity index (χ1) is 11.4. The summed E-state index contributed by atoms with van der Waals surface area (Å²) in [7, 11) is 0. The minimum Gasteiger partial charge on any atom is -0.352 e. The van der Waals surface area contributed by atoms with Crippen LogP contribution >= 0.6 is 0 Å². The summed E-state index contributed by atoms with van der Waals surface area (Å²) in [6, 6.07) is 5.56. The number of amides is 3. The Hall–Kier alpha value is -2.11. The van der Waals surface area contributed by atoms with Gasteiger partial charge in [-0.3, -0.25) is 4.79 Å². The van der Waals surface area contributed by atoms with E-state index in [1.54, 1.807) is 6.07 Å². The standard InChI is InChI=1S/C18H24FN3O2/c1-18(2)14-10-22(11-15(14)18)17(24)21-8-4-7-20-16(23)12-5-3-6-13(19)9-12/h3,5-6,9,14-15H,4,7-8,10-11H2,1-2H3,(H,20,23)(H,21,24). The Morgan fingerprint density at radius 3 is 2.54 bits per heavy atom. The van der Waals surface area contributed by atoms with Crippen molar-refractivity contribution in [2.24, 2.45) is 17.3 Å². The van der Waals surface area contributed by atoms with Crippen molar-refractivity contribution in [3.05, 3.63) is 35.6 Å². The molecule has 3 amide bonds. The molecule has 2 unspecified atom stereocenters. The molecule has 5 nitrogen and oxygen atoms in total. The summed E-state index contributed by atoms with van der Waals surface area (Å²) in [6.45, 7) is 7.17. The molecule has 0 spiro atoms. The molecule has 2 aliphatic rings. The van der Waals surface area contributed by atoms with Gasteiger partial charge in [-0.2, -0.15) is 0 Å². The van der Waals surface area contributed by atoms with Crippen LogP contribution in [0, 0.1) is 23.1 Å². The Morgan fingerprint density at radius 2 is 1.88 bits per heavy atom. The van der Waals surface area contributed by atoms with Crippen LogP contribution in [0.3, 0.4) is 0 Å². The zero-order valence-corrected chi connectivity index (χ0v) is 14.1. The number of likely N-dealkylation sites (tertiary alicyclic amines) is 1. The molecule has 6 heteroatoms. The highest BCUT2D eigenvalue weighted by atomic mass is 19.1. The lowest BCUT2D eigenvalue weighted by Crippen LogP contribution is -2.41. The predicted molar refractivity (Wildman–Crippen MR) is 89.1 cm³/mol. The number of hydrogen-bond donors (Lipinski definition) is 2. The van der Waals surface area contributed by atoms with Gasteiger partial charge >= 0.3 is 6.03 Å². The van der Waals surface area contributed by atoms with E-state index >= 15 is 0 Å². The monoisotopic (exact) mass is 333 g/mol. The fourth-order valence-corrected chi connectivity index (χ4v) is 3.63. The van der Waals surface area contributed by atoms with E-state index in [1.807, 2.05) is 4.90 Å². The van der Waals surface area contributed by atoms with Gasteiger partial charge in [0.15, 0.2) is 0 Å². The SMILES string of the molecule is CC1(C)C2CN(C(=O)NCCCNC(=O)c3cccc(F)c3)CC21. The molecule has 0 aromatic heterocycles. The highest BCUT2D eigenvalue weighted by Crippen LogP contribution is 2.61. The number of urea groups is 1. The van der Waals surface area contributed by atoms with Crippen molar-refractivity contribution in [2.45, 2.75) is 20.3 Å². The first-order valence-corrected chi connectivity index (χ1v) is 8.46. The molecule has 1 heterocycles. The van der Waals surface area contributed by atoms with Crippen molar-refractivity contribution < 1.29 is 14.0 Å². The maximum Gasteiger partial charge on any atom is 0.317 e. The van der Waals surface area contributed by atoms with Crippen LogP contribution in [-0.4, -0.2) is 43.0 Å². The summed E-state index contributed by atoms with van der Waals surface area (Å²) in [5, 5.41) is 5.62. The van der Waals surface area contributed by atoms with E-state index in [4.69, 9.17) is 0 Å². The van der Waals surface area contributed by atoms with Gasteiger partial charge in [0.2, 0.25) is 0 Å². The Bertz CT molecular complexity index is 633. The second-order valence-electron chi connectivity index (χ2n) is 7.29. The van der Waals surface area contributed by atoms with Gasteiger partial charge in [0, 0.05) is 31.7 Å². The van der Waals surface area contributed by atoms with E-state index in [1.165, 1.54) is 18.2 Å². The third-order valence-electron chi connectivity index (χ3n) is 5.41. The zero-order chi connectivity index (χ0) is 17.3. The molecule has 0 bridgehead atoms. The minimum atomic E-state index is -0.429. The molecule has 2 atom stereocenters. The quantitative estimate of drug-likeness (QED) is 0.812. The molecule has 1 saturated heterocycles. The molecule has 2 fully saturated rings. The average molecular weight is 333 g/mol. The van der Waals surface area contributed by atoms with Crippen LogP contribution in [-0.2, 0) is 0 Å². The Balaban J connectivity index is 1.30. The van der Waals surface area contributed by atoms with Gasteiger partial charge in [0.05, 0.1) is 0 Å². The summed E-state index contributed by atoms with van der Waals surface area (Å²) >= 11 is 0. The van der Waals surface area contributed by atoms with Gasteiger partial charge in [0.1, 0.15) is 5.82 Å². The van der Waals surface area contributed by atoms with Crippen LogP contribution in [0.15, 0.2) is 24.3 Å². The number of benzene rings is 1. The molecular weight excluding hydrogens is 309 g/mol. The number of rotatable bonds is 5. The number of carbonyl (C=O) groups excluding carboxylic acids is 2.